The largest absolute Gasteiger partial charge is 0.377 e. The third-order valence-electron chi connectivity index (χ3n) is 5.40. The molecule has 8 heteroatoms. The van der Waals surface area contributed by atoms with Gasteiger partial charge in [-0.3, -0.25) is 4.79 Å². The van der Waals surface area contributed by atoms with Gasteiger partial charge in [0.15, 0.2) is 0 Å². The van der Waals surface area contributed by atoms with Gasteiger partial charge >= 0.3 is 0 Å². The second-order valence-corrected chi connectivity index (χ2v) is 7.11. The van der Waals surface area contributed by atoms with Crippen LogP contribution >= 0.6 is 0 Å². The Morgan fingerprint density at radius 1 is 1.07 bits per heavy atom. The van der Waals surface area contributed by atoms with E-state index in [0.717, 1.165) is 18.2 Å². The highest BCUT2D eigenvalue weighted by molar-refractivity contribution is 5.97. The molecule has 1 aliphatic carbocycles. The average molecular weight is 375 g/mol. The second-order valence-electron chi connectivity index (χ2n) is 7.11. The number of aromatic amines is 1. The first-order valence-corrected chi connectivity index (χ1v) is 8.50. The molecule has 0 bridgehead atoms. The lowest BCUT2D eigenvalue weighted by Crippen LogP contribution is -2.42. The summed E-state index contributed by atoms with van der Waals surface area (Å²) in [5.41, 5.74) is -1.69. The van der Waals surface area contributed by atoms with Gasteiger partial charge in [-0.25, -0.2) is 22.7 Å². The lowest BCUT2D eigenvalue weighted by atomic mass is 9.80. The number of aromatic nitrogens is 2. The summed E-state index contributed by atoms with van der Waals surface area (Å²) in [6.07, 6.45) is 0.530. The molecule has 4 nitrogen and oxygen atoms in total. The molecule has 0 radical (unpaired) electrons. The maximum absolute atomic E-state index is 15.1. The van der Waals surface area contributed by atoms with E-state index in [1.807, 2.05) is 0 Å². The van der Waals surface area contributed by atoms with Gasteiger partial charge in [-0.05, 0) is 36.6 Å². The first-order valence-electron chi connectivity index (χ1n) is 8.50. The van der Waals surface area contributed by atoms with E-state index >= 15 is 4.39 Å². The van der Waals surface area contributed by atoms with Gasteiger partial charge in [-0.1, -0.05) is 6.07 Å². The van der Waals surface area contributed by atoms with E-state index in [2.05, 4.69) is 15.5 Å². The van der Waals surface area contributed by atoms with Crippen LogP contribution in [0.2, 0.25) is 0 Å². The number of anilines is 1. The third kappa shape index (κ3) is 2.35. The van der Waals surface area contributed by atoms with E-state index in [1.165, 1.54) is 12.1 Å². The lowest BCUT2D eigenvalue weighted by molar-refractivity contribution is 0.251. The molecule has 0 amide bonds. The monoisotopic (exact) mass is 375 g/mol. The molecule has 1 aromatic heterocycles. The summed E-state index contributed by atoms with van der Waals surface area (Å²) in [4.78, 5) is 12.1. The highest BCUT2D eigenvalue weighted by Gasteiger charge is 2.56. The Balaban J connectivity index is 1.83. The Kier molecular flexibility index (Phi) is 3.20. The number of benzene rings is 2. The SMILES string of the molecule is O=c1[nH]nc2c3c(cc(F)cc13)N[C@@H](C1(F)CC1)[C@@H]2c1ccc(F)cc1F. The van der Waals surface area contributed by atoms with Crippen molar-refractivity contribution in [2.75, 3.05) is 5.32 Å². The normalized spacial score (nSPS) is 22.5. The van der Waals surface area contributed by atoms with Crippen molar-refractivity contribution in [2.24, 2.45) is 0 Å². The van der Waals surface area contributed by atoms with Gasteiger partial charge in [0.1, 0.15) is 23.1 Å². The average Bonchev–Trinajstić information content (AvgIpc) is 3.36. The summed E-state index contributed by atoms with van der Waals surface area (Å²) in [5.74, 6) is -3.14. The molecule has 2 heterocycles. The van der Waals surface area contributed by atoms with E-state index in [0.29, 0.717) is 5.39 Å². The minimum atomic E-state index is -1.63. The summed E-state index contributed by atoms with van der Waals surface area (Å²) < 4.78 is 57.1. The minimum absolute atomic E-state index is 0.0391. The topological polar surface area (TPSA) is 57.8 Å². The molecule has 2 aliphatic rings. The standard InChI is InChI=1S/C19H13F4N3O/c20-8-1-2-10(12(22)6-8)15-16-14-11(18(27)26-25-16)5-9(21)7-13(14)24-17(15)19(23)3-4-19/h1-2,5-7,15,17,24H,3-4H2,(H,26,27)/t15-,17-/m1/s1. The summed E-state index contributed by atoms with van der Waals surface area (Å²) in [6, 6.07) is 4.38. The predicted molar refractivity (Wildman–Crippen MR) is 91.0 cm³/mol. The van der Waals surface area contributed by atoms with Crippen molar-refractivity contribution in [1.29, 1.82) is 0 Å². The summed E-state index contributed by atoms with van der Waals surface area (Å²) in [5, 5.41) is 9.65. The maximum Gasteiger partial charge on any atom is 0.272 e. The molecule has 2 atom stereocenters. The fraction of sp³-hybridized carbons (Fsp3) is 0.263. The summed E-state index contributed by atoms with van der Waals surface area (Å²) >= 11 is 0. The van der Waals surface area contributed by atoms with Gasteiger partial charge in [-0.15, -0.1) is 0 Å². The molecule has 3 aromatic rings. The predicted octanol–water partition coefficient (Wildman–Crippen LogP) is 3.77. The zero-order valence-corrected chi connectivity index (χ0v) is 13.8. The van der Waals surface area contributed by atoms with Gasteiger partial charge in [-0.2, -0.15) is 5.10 Å². The molecule has 1 saturated carbocycles. The van der Waals surface area contributed by atoms with E-state index < -0.39 is 40.6 Å². The van der Waals surface area contributed by atoms with E-state index in [1.54, 1.807) is 0 Å². The Labute approximate surface area is 150 Å². The molecule has 1 fully saturated rings. The highest BCUT2D eigenvalue weighted by atomic mass is 19.1. The van der Waals surface area contributed by atoms with Crippen LogP contribution in [0.4, 0.5) is 23.2 Å². The molecule has 2 aromatic carbocycles. The van der Waals surface area contributed by atoms with Crippen molar-refractivity contribution < 1.29 is 17.6 Å². The van der Waals surface area contributed by atoms with Crippen LogP contribution < -0.4 is 10.9 Å². The molecule has 0 saturated heterocycles. The Morgan fingerprint density at radius 2 is 1.85 bits per heavy atom. The molecule has 2 N–H and O–H groups in total. The number of hydrogen-bond donors (Lipinski definition) is 2. The number of nitrogens with one attached hydrogen (secondary N) is 2. The smallest absolute Gasteiger partial charge is 0.272 e. The van der Waals surface area contributed by atoms with Gasteiger partial charge in [0.25, 0.3) is 5.56 Å². The highest BCUT2D eigenvalue weighted by Crippen LogP contribution is 2.53. The third-order valence-corrected chi connectivity index (χ3v) is 5.40. The second kappa shape index (κ2) is 5.31. The Bertz CT molecular complexity index is 1160. The van der Waals surface area contributed by atoms with Crippen LogP contribution in [0.3, 0.4) is 0 Å². The first kappa shape index (κ1) is 16.3. The molecule has 27 heavy (non-hydrogen) atoms. The fourth-order valence-electron chi connectivity index (χ4n) is 3.98. The van der Waals surface area contributed by atoms with E-state index in [-0.39, 0.29) is 35.2 Å². The Morgan fingerprint density at radius 3 is 2.56 bits per heavy atom. The van der Waals surface area contributed by atoms with Gasteiger partial charge in [0.05, 0.1) is 23.0 Å². The number of nitrogens with zero attached hydrogens (tertiary/aromatic N) is 1. The number of halogens is 4. The van der Waals surface area contributed by atoms with Crippen LogP contribution in [0, 0.1) is 17.5 Å². The van der Waals surface area contributed by atoms with Crippen molar-refractivity contribution in [2.45, 2.75) is 30.5 Å². The van der Waals surface area contributed by atoms with Crippen LogP contribution in [-0.4, -0.2) is 21.9 Å². The zero-order valence-electron chi connectivity index (χ0n) is 13.8. The van der Waals surface area contributed by atoms with Crippen LogP contribution in [0.1, 0.15) is 30.0 Å². The molecule has 138 valence electrons. The quantitative estimate of drug-likeness (QED) is 0.671. The zero-order chi connectivity index (χ0) is 18.9. The van der Waals surface area contributed by atoms with Crippen LogP contribution in [0.25, 0.3) is 10.8 Å². The van der Waals surface area contributed by atoms with Gasteiger partial charge < -0.3 is 5.32 Å². The minimum Gasteiger partial charge on any atom is -0.377 e. The number of rotatable bonds is 2. The number of H-pyrrole nitrogens is 1. The lowest BCUT2D eigenvalue weighted by Gasteiger charge is -2.36. The van der Waals surface area contributed by atoms with Crippen molar-refractivity contribution in [3.05, 3.63) is 69.4 Å². The fourth-order valence-corrected chi connectivity index (χ4v) is 3.98. The summed E-state index contributed by atoms with van der Waals surface area (Å²) in [6.45, 7) is 0. The Hall–Kier alpha value is -2.90. The van der Waals surface area contributed by atoms with Crippen molar-refractivity contribution in [1.82, 2.24) is 10.2 Å². The van der Waals surface area contributed by atoms with Crippen LogP contribution in [0.15, 0.2) is 35.1 Å². The summed E-state index contributed by atoms with van der Waals surface area (Å²) in [7, 11) is 0. The van der Waals surface area contributed by atoms with E-state index in [9.17, 15) is 18.0 Å². The molecule has 0 spiro atoms. The molecular formula is C19H13F4N3O. The first-order chi connectivity index (χ1) is 12.9. The van der Waals surface area contributed by atoms with Crippen LogP contribution in [0.5, 0.6) is 0 Å². The maximum atomic E-state index is 15.1. The van der Waals surface area contributed by atoms with Crippen molar-refractivity contribution >= 4 is 16.5 Å². The number of hydrogen-bond acceptors (Lipinski definition) is 3. The van der Waals surface area contributed by atoms with Crippen LogP contribution in [-0.2, 0) is 0 Å². The van der Waals surface area contributed by atoms with Crippen molar-refractivity contribution in [3.8, 4) is 0 Å². The van der Waals surface area contributed by atoms with Gasteiger partial charge in [0, 0.05) is 17.1 Å². The van der Waals surface area contributed by atoms with Crippen molar-refractivity contribution in [3.63, 3.8) is 0 Å². The van der Waals surface area contributed by atoms with E-state index in [4.69, 9.17) is 0 Å². The van der Waals surface area contributed by atoms with Gasteiger partial charge in [0.2, 0.25) is 0 Å². The molecule has 5 rings (SSSR count). The molecule has 0 unspecified atom stereocenters. The number of alkyl halides is 1. The molecule has 1 aliphatic heterocycles. The molecular weight excluding hydrogens is 362 g/mol.